The Balaban J connectivity index is 0.000000816. The van der Waals surface area contributed by atoms with Gasteiger partial charge in [0.05, 0.1) is 26.9 Å². The zero-order valence-corrected chi connectivity index (χ0v) is 27.4. The molecule has 1 aliphatic rings. The van der Waals surface area contributed by atoms with Crippen LogP contribution in [0.3, 0.4) is 0 Å². The smallest absolute Gasteiger partial charge is 0.251 e. The van der Waals surface area contributed by atoms with Gasteiger partial charge < -0.3 is 15.8 Å². The fourth-order valence-corrected chi connectivity index (χ4v) is 5.33. The van der Waals surface area contributed by atoms with Gasteiger partial charge in [0.1, 0.15) is 5.82 Å². The molecule has 6 nitrogen and oxygen atoms in total. The number of hydrogen-bond acceptors (Lipinski definition) is 5. The fourth-order valence-electron chi connectivity index (χ4n) is 4.96. The Hall–Kier alpha value is -3.46. The summed E-state index contributed by atoms with van der Waals surface area (Å²) in [5, 5.41) is 4.59. The largest absolute Gasteiger partial charge is 0.405 e. The van der Waals surface area contributed by atoms with Crippen molar-refractivity contribution in [2.45, 2.75) is 45.9 Å². The van der Waals surface area contributed by atoms with Crippen LogP contribution in [-0.2, 0) is 4.74 Å². The predicted molar refractivity (Wildman–Crippen MR) is 182 cm³/mol. The van der Waals surface area contributed by atoms with Gasteiger partial charge in [0.15, 0.2) is 7.28 Å². The van der Waals surface area contributed by atoms with Crippen LogP contribution in [0.25, 0.3) is 22.2 Å². The average Bonchev–Trinajstić information content (AvgIpc) is 3.82. The van der Waals surface area contributed by atoms with E-state index in [4.69, 9.17) is 28.2 Å². The Kier molecular flexibility index (Phi) is 13.2. The highest BCUT2D eigenvalue weighted by atomic mass is 35.5. The van der Waals surface area contributed by atoms with E-state index in [1.54, 1.807) is 32.4 Å². The molecule has 44 heavy (non-hydrogen) atoms. The van der Waals surface area contributed by atoms with Gasteiger partial charge in [0.25, 0.3) is 5.91 Å². The number of aromatic nitrogens is 2. The van der Waals surface area contributed by atoms with Crippen LogP contribution in [0.4, 0.5) is 4.39 Å². The summed E-state index contributed by atoms with van der Waals surface area (Å²) in [5.74, 6) is -0.153. The van der Waals surface area contributed by atoms with Gasteiger partial charge >= 0.3 is 0 Å². The Morgan fingerprint density at radius 3 is 2.50 bits per heavy atom. The van der Waals surface area contributed by atoms with E-state index < -0.39 is 5.82 Å². The molecule has 1 saturated carbocycles. The zero-order valence-electron chi connectivity index (χ0n) is 25.9. The van der Waals surface area contributed by atoms with Gasteiger partial charge in [-0.15, -0.1) is 0 Å². The van der Waals surface area contributed by atoms with Crippen LogP contribution in [0.1, 0.15) is 53.0 Å². The first kappa shape index (κ1) is 35.0. The molecular weight excluding hydrogens is 597 g/mol. The number of amides is 1. The molecule has 4 aromatic rings. The van der Waals surface area contributed by atoms with Crippen molar-refractivity contribution in [3.8, 4) is 11.3 Å². The number of aryl methyl sites for hydroxylation is 2. The molecule has 231 valence electrons. The number of pyridine rings is 2. The Morgan fingerprint density at radius 2 is 1.86 bits per heavy atom. The number of ether oxygens (including phenoxy) is 1. The van der Waals surface area contributed by atoms with Crippen LogP contribution in [0.2, 0.25) is 16.4 Å². The molecule has 2 aromatic heterocycles. The molecule has 0 bridgehead atoms. The highest BCUT2D eigenvalue weighted by Crippen LogP contribution is 2.42. The summed E-state index contributed by atoms with van der Waals surface area (Å²) in [5.41, 5.74) is 10.9. The van der Waals surface area contributed by atoms with Crippen LogP contribution in [0.5, 0.6) is 0 Å². The molecule has 1 atom stereocenters. The van der Waals surface area contributed by atoms with Crippen LogP contribution in [-0.4, -0.2) is 43.9 Å². The highest BCUT2D eigenvalue weighted by Gasteiger charge is 2.34. The monoisotopic (exact) mass is 635 g/mol. The molecule has 2 heterocycles. The second-order valence-electron chi connectivity index (χ2n) is 10.6. The van der Waals surface area contributed by atoms with E-state index in [1.807, 2.05) is 32.0 Å². The molecule has 0 spiro atoms. The lowest BCUT2D eigenvalue weighted by atomic mass is 9.64. The fraction of sp³-hybridized carbons (Fsp3) is 0.324. The third-order valence-corrected chi connectivity index (χ3v) is 7.93. The lowest BCUT2D eigenvalue weighted by Crippen LogP contribution is -2.30. The van der Waals surface area contributed by atoms with Crippen molar-refractivity contribution in [2.24, 2.45) is 11.7 Å². The summed E-state index contributed by atoms with van der Waals surface area (Å²) in [4.78, 5) is 22.7. The summed E-state index contributed by atoms with van der Waals surface area (Å²) in [6.07, 6.45) is 4.23. The quantitative estimate of drug-likeness (QED) is 0.197. The van der Waals surface area contributed by atoms with Crippen molar-refractivity contribution in [3.63, 3.8) is 0 Å². The van der Waals surface area contributed by atoms with Crippen LogP contribution in [0.15, 0.2) is 61.3 Å². The van der Waals surface area contributed by atoms with E-state index in [-0.39, 0.29) is 16.8 Å². The number of nitrogens with zero attached hydrogens (tertiary/aromatic N) is 2. The highest BCUT2D eigenvalue weighted by molar-refractivity contribution is 6.56. The standard InChI is InChI=1S/C30H28BCl2FN3O.C2H5N.C2H6O/c1-4-31-27-16(2)12-26(37-29(27)21-6-5-7-24(34)28(21)33)22(18-8-9-18)15-35-30(38)19-10-11-25-20(13-19)14-23(32)17(3)36-25;1-2-3;1-3-2/h5-7,10-14,18,22H,4,8-9,15H2,1-3H3,(H,35,38);2H,1,3H2;1-2H3. The predicted octanol–water partition coefficient (Wildman–Crippen LogP) is 7.40. The third-order valence-electron chi connectivity index (χ3n) is 7.16. The van der Waals surface area contributed by atoms with Crippen LogP contribution < -0.4 is 16.5 Å². The van der Waals surface area contributed by atoms with E-state index in [2.05, 4.69) is 47.6 Å². The molecule has 1 radical (unpaired) electrons. The number of halogens is 3. The van der Waals surface area contributed by atoms with Gasteiger partial charge in [-0.3, -0.25) is 14.8 Å². The van der Waals surface area contributed by atoms with Crippen molar-refractivity contribution in [2.75, 3.05) is 20.8 Å². The molecule has 1 amide bonds. The Labute approximate surface area is 270 Å². The Morgan fingerprint density at radius 1 is 1.18 bits per heavy atom. The maximum Gasteiger partial charge on any atom is 0.251 e. The zero-order chi connectivity index (χ0) is 32.4. The van der Waals surface area contributed by atoms with Crippen LogP contribution in [0, 0.1) is 25.6 Å². The SMILES string of the molecule is C=CN.CC[B]c1c(C)cc(C(CNC(=O)c2ccc3nc(C)c(Cl)cc3c2)C2CC2)nc1-c1cccc(F)c1Cl.COC. The molecule has 1 fully saturated rings. The maximum atomic E-state index is 14.4. The number of benzene rings is 2. The van der Waals surface area contributed by atoms with Gasteiger partial charge in [0, 0.05) is 48.9 Å². The molecule has 3 N–H and O–H groups in total. The molecule has 1 aliphatic carbocycles. The van der Waals surface area contributed by atoms with Crippen molar-refractivity contribution in [1.82, 2.24) is 15.3 Å². The number of carbonyl (C=O) groups excluding carboxylic acids is 1. The molecule has 2 aromatic carbocycles. The normalized spacial score (nSPS) is 12.7. The van der Waals surface area contributed by atoms with Gasteiger partial charge in [-0.2, -0.15) is 0 Å². The minimum absolute atomic E-state index is 0.0404. The van der Waals surface area contributed by atoms with Gasteiger partial charge in [-0.25, -0.2) is 4.39 Å². The van der Waals surface area contributed by atoms with E-state index in [0.29, 0.717) is 34.3 Å². The van der Waals surface area contributed by atoms with Crippen LogP contribution >= 0.6 is 23.2 Å². The summed E-state index contributed by atoms with van der Waals surface area (Å²) in [6, 6.07) is 14.2. The third kappa shape index (κ3) is 8.81. The average molecular weight is 636 g/mol. The summed E-state index contributed by atoms with van der Waals surface area (Å²) >= 11 is 12.6. The second-order valence-corrected chi connectivity index (χ2v) is 11.4. The van der Waals surface area contributed by atoms with E-state index in [1.165, 1.54) is 12.3 Å². The first-order valence-electron chi connectivity index (χ1n) is 14.5. The molecular formula is C34H39BCl2FN4O2. The number of nitrogens with one attached hydrogen (secondary N) is 1. The van der Waals surface area contributed by atoms with E-state index in [0.717, 1.165) is 52.5 Å². The topological polar surface area (TPSA) is 90.1 Å². The number of methoxy groups -OCH3 is 1. The van der Waals surface area contributed by atoms with E-state index in [9.17, 15) is 9.18 Å². The molecule has 5 rings (SSSR count). The summed E-state index contributed by atoms with van der Waals surface area (Å²) in [6.45, 7) is 9.55. The molecule has 0 aliphatic heterocycles. The summed E-state index contributed by atoms with van der Waals surface area (Å²) < 4.78 is 18.6. The van der Waals surface area contributed by atoms with Crippen molar-refractivity contribution in [3.05, 3.63) is 99.7 Å². The van der Waals surface area contributed by atoms with Gasteiger partial charge in [0.2, 0.25) is 0 Å². The lowest BCUT2D eigenvalue weighted by Gasteiger charge is -2.21. The first-order chi connectivity index (χ1) is 21.1. The molecule has 10 heteroatoms. The second kappa shape index (κ2) is 16.6. The van der Waals surface area contributed by atoms with Gasteiger partial charge in [-0.1, -0.05) is 66.2 Å². The first-order valence-corrected chi connectivity index (χ1v) is 15.2. The number of carbonyl (C=O) groups is 1. The van der Waals surface area contributed by atoms with Gasteiger partial charge in [-0.05, 0) is 75.2 Å². The lowest BCUT2D eigenvalue weighted by molar-refractivity contribution is 0.0950. The molecule has 0 saturated heterocycles. The summed E-state index contributed by atoms with van der Waals surface area (Å²) in [7, 11) is 5.35. The number of nitrogens with two attached hydrogens (primary N) is 1. The number of hydrogen-bond donors (Lipinski definition) is 2. The minimum atomic E-state index is -0.468. The number of rotatable bonds is 8. The van der Waals surface area contributed by atoms with Crippen molar-refractivity contribution in [1.29, 1.82) is 0 Å². The van der Waals surface area contributed by atoms with Crippen molar-refractivity contribution >= 4 is 52.8 Å². The Bertz CT molecular complexity index is 1610. The molecule has 1 unspecified atom stereocenters. The van der Waals surface area contributed by atoms with E-state index >= 15 is 0 Å². The number of fused-ring (bicyclic) bond motifs is 1. The minimum Gasteiger partial charge on any atom is -0.405 e. The van der Waals surface area contributed by atoms with Crippen molar-refractivity contribution < 1.29 is 13.9 Å². The maximum absolute atomic E-state index is 14.4.